The standard InChI is InChI=1S/C24H24N2O4/c1-2-29-16-17-30-22-11-7-6-10-21(22)24(28)26-25-23(27)20-14-12-19(13-15-20)18-8-4-3-5-9-18/h3-15H,2,16-17H2,1H3,(H,25,27)(H,26,28). The van der Waals surface area contributed by atoms with E-state index in [1.807, 2.05) is 49.4 Å². The Bertz CT molecular complexity index is 972. The minimum absolute atomic E-state index is 0.328. The molecule has 3 rings (SSSR count). The van der Waals surface area contributed by atoms with Crippen LogP contribution in [0.15, 0.2) is 78.9 Å². The number of hydrogen-bond donors (Lipinski definition) is 2. The summed E-state index contributed by atoms with van der Waals surface area (Å²) in [6, 6.07) is 23.9. The SMILES string of the molecule is CCOCCOc1ccccc1C(=O)NNC(=O)c1ccc(-c2ccccc2)cc1. The van der Waals surface area contributed by atoms with E-state index in [2.05, 4.69) is 10.9 Å². The first-order valence-electron chi connectivity index (χ1n) is 9.74. The fourth-order valence-corrected chi connectivity index (χ4v) is 2.83. The zero-order chi connectivity index (χ0) is 21.2. The largest absolute Gasteiger partial charge is 0.490 e. The predicted octanol–water partition coefficient (Wildman–Crippen LogP) is 3.84. The monoisotopic (exact) mass is 404 g/mol. The van der Waals surface area contributed by atoms with Gasteiger partial charge in [-0.1, -0.05) is 54.6 Å². The Hall–Kier alpha value is -3.64. The van der Waals surface area contributed by atoms with Gasteiger partial charge in [-0.2, -0.15) is 0 Å². The summed E-state index contributed by atoms with van der Waals surface area (Å²) in [6.07, 6.45) is 0. The number of carbonyl (C=O) groups is 2. The molecule has 0 atom stereocenters. The maximum Gasteiger partial charge on any atom is 0.273 e. The summed E-state index contributed by atoms with van der Waals surface area (Å²) in [5.74, 6) is -0.440. The van der Waals surface area contributed by atoms with E-state index in [1.165, 1.54) is 0 Å². The van der Waals surface area contributed by atoms with Crippen molar-refractivity contribution >= 4 is 11.8 Å². The maximum atomic E-state index is 12.5. The number of hydrazine groups is 1. The summed E-state index contributed by atoms with van der Waals surface area (Å²) in [5, 5.41) is 0. The van der Waals surface area contributed by atoms with E-state index >= 15 is 0 Å². The highest BCUT2D eigenvalue weighted by atomic mass is 16.5. The molecule has 0 aromatic heterocycles. The number of rotatable bonds is 8. The molecule has 0 spiro atoms. The lowest BCUT2D eigenvalue weighted by Gasteiger charge is -2.12. The van der Waals surface area contributed by atoms with Crippen molar-refractivity contribution in [3.63, 3.8) is 0 Å². The van der Waals surface area contributed by atoms with Gasteiger partial charge >= 0.3 is 0 Å². The molecule has 0 radical (unpaired) electrons. The van der Waals surface area contributed by atoms with E-state index in [0.29, 0.717) is 36.7 Å². The highest BCUT2D eigenvalue weighted by molar-refractivity contribution is 6.00. The first kappa shape index (κ1) is 21.1. The molecule has 2 amide bonds. The molecule has 0 aliphatic carbocycles. The fraction of sp³-hybridized carbons (Fsp3) is 0.167. The molecule has 3 aromatic carbocycles. The number of benzene rings is 3. The van der Waals surface area contributed by atoms with Gasteiger partial charge in [-0.15, -0.1) is 0 Å². The number of carbonyl (C=O) groups excluding carboxylic acids is 2. The number of hydrogen-bond acceptors (Lipinski definition) is 4. The molecule has 6 heteroatoms. The van der Waals surface area contributed by atoms with Crippen LogP contribution in [0.5, 0.6) is 5.75 Å². The van der Waals surface area contributed by atoms with Gasteiger partial charge in [-0.25, -0.2) is 0 Å². The zero-order valence-electron chi connectivity index (χ0n) is 16.8. The highest BCUT2D eigenvalue weighted by Gasteiger charge is 2.14. The molecule has 6 nitrogen and oxygen atoms in total. The number of ether oxygens (including phenoxy) is 2. The van der Waals surface area contributed by atoms with E-state index < -0.39 is 11.8 Å². The lowest BCUT2D eigenvalue weighted by Crippen LogP contribution is -2.41. The molecule has 30 heavy (non-hydrogen) atoms. The Morgan fingerprint density at radius 3 is 2.10 bits per heavy atom. The van der Waals surface area contributed by atoms with Gasteiger partial charge in [0.25, 0.3) is 11.8 Å². The van der Waals surface area contributed by atoms with E-state index in [0.717, 1.165) is 11.1 Å². The summed E-state index contributed by atoms with van der Waals surface area (Å²) >= 11 is 0. The van der Waals surface area contributed by atoms with Crippen molar-refractivity contribution in [3.8, 4) is 16.9 Å². The Morgan fingerprint density at radius 1 is 0.733 bits per heavy atom. The fourth-order valence-electron chi connectivity index (χ4n) is 2.83. The summed E-state index contributed by atoms with van der Waals surface area (Å²) in [4.78, 5) is 24.9. The summed E-state index contributed by atoms with van der Waals surface area (Å²) in [6.45, 7) is 3.27. The molecule has 0 aliphatic heterocycles. The van der Waals surface area contributed by atoms with Gasteiger partial charge in [0.2, 0.25) is 0 Å². The third kappa shape index (κ3) is 5.68. The van der Waals surface area contributed by atoms with Crippen LogP contribution in [-0.4, -0.2) is 31.6 Å². The van der Waals surface area contributed by atoms with Gasteiger partial charge in [-0.05, 0) is 42.3 Å². The second-order valence-electron chi connectivity index (χ2n) is 6.39. The molecule has 2 N–H and O–H groups in total. The average Bonchev–Trinajstić information content (AvgIpc) is 2.81. The van der Waals surface area contributed by atoms with Crippen molar-refractivity contribution in [2.24, 2.45) is 0 Å². The van der Waals surface area contributed by atoms with Gasteiger partial charge in [0.1, 0.15) is 12.4 Å². The quantitative estimate of drug-likeness (QED) is 0.442. The van der Waals surface area contributed by atoms with Crippen molar-refractivity contribution < 1.29 is 19.1 Å². The van der Waals surface area contributed by atoms with E-state index in [-0.39, 0.29) is 0 Å². The van der Waals surface area contributed by atoms with Crippen LogP contribution < -0.4 is 15.6 Å². The zero-order valence-corrected chi connectivity index (χ0v) is 16.8. The summed E-state index contributed by atoms with van der Waals surface area (Å²) < 4.78 is 10.8. The first-order chi connectivity index (χ1) is 14.7. The summed E-state index contributed by atoms with van der Waals surface area (Å²) in [7, 11) is 0. The van der Waals surface area contributed by atoms with Crippen molar-refractivity contribution in [3.05, 3.63) is 90.0 Å². The van der Waals surface area contributed by atoms with Gasteiger partial charge < -0.3 is 9.47 Å². The molecule has 154 valence electrons. The van der Waals surface area contributed by atoms with E-state index in [1.54, 1.807) is 36.4 Å². The van der Waals surface area contributed by atoms with Gasteiger partial charge in [-0.3, -0.25) is 20.4 Å². The van der Waals surface area contributed by atoms with Gasteiger partial charge in [0, 0.05) is 12.2 Å². The van der Waals surface area contributed by atoms with Crippen LogP contribution >= 0.6 is 0 Å². The van der Waals surface area contributed by atoms with Crippen LogP contribution in [0, 0.1) is 0 Å². The molecular weight excluding hydrogens is 380 g/mol. The van der Waals surface area contributed by atoms with Crippen LogP contribution in [0.25, 0.3) is 11.1 Å². The molecule has 0 bridgehead atoms. The van der Waals surface area contributed by atoms with Crippen LogP contribution in [0.3, 0.4) is 0 Å². The van der Waals surface area contributed by atoms with Crippen LogP contribution in [0.2, 0.25) is 0 Å². The van der Waals surface area contributed by atoms with Crippen molar-refractivity contribution in [1.82, 2.24) is 10.9 Å². The Kier molecular flexibility index (Phi) is 7.58. The molecule has 0 saturated carbocycles. The van der Waals surface area contributed by atoms with Crippen LogP contribution in [-0.2, 0) is 4.74 Å². The topological polar surface area (TPSA) is 76.7 Å². The van der Waals surface area contributed by atoms with Crippen molar-refractivity contribution in [1.29, 1.82) is 0 Å². The third-order valence-electron chi connectivity index (χ3n) is 4.36. The van der Waals surface area contributed by atoms with Crippen molar-refractivity contribution in [2.75, 3.05) is 19.8 Å². The normalized spacial score (nSPS) is 10.3. The molecule has 0 fully saturated rings. The molecule has 0 aliphatic rings. The number of amides is 2. The van der Waals surface area contributed by atoms with Gasteiger partial charge in [0.05, 0.1) is 12.2 Å². The third-order valence-corrected chi connectivity index (χ3v) is 4.36. The molecule has 3 aromatic rings. The predicted molar refractivity (Wildman–Crippen MR) is 115 cm³/mol. The smallest absolute Gasteiger partial charge is 0.273 e. The van der Waals surface area contributed by atoms with Crippen LogP contribution in [0.4, 0.5) is 0 Å². The first-order valence-corrected chi connectivity index (χ1v) is 9.74. The molecule has 0 unspecified atom stereocenters. The average molecular weight is 404 g/mol. The molecular formula is C24H24N2O4. The van der Waals surface area contributed by atoms with Crippen molar-refractivity contribution in [2.45, 2.75) is 6.92 Å². The minimum Gasteiger partial charge on any atom is -0.490 e. The van der Waals surface area contributed by atoms with Crippen LogP contribution in [0.1, 0.15) is 27.6 Å². The minimum atomic E-state index is -0.462. The van der Waals surface area contributed by atoms with E-state index in [9.17, 15) is 9.59 Å². The lowest BCUT2D eigenvalue weighted by atomic mass is 10.0. The Labute approximate surface area is 175 Å². The van der Waals surface area contributed by atoms with Gasteiger partial charge in [0.15, 0.2) is 0 Å². The number of para-hydroxylation sites is 1. The second kappa shape index (κ2) is 10.8. The second-order valence-corrected chi connectivity index (χ2v) is 6.39. The molecule has 0 saturated heterocycles. The summed E-state index contributed by atoms with van der Waals surface area (Å²) in [5.41, 5.74) is 7.72. The Morgan fingerprint density at radius 2 is 1.37 bits per heavy atom. The highest BCUT2D eigenvalue weighted by Crippen LogP contribution is 2.19. The number of nitrogens with one attached hydrogen (secondary N) is 2. The van der Waals surface area contributed by atoms with E-state index in [4.69, 9.17) is 9.47 Å². The molecule has 0 heterocycles. The Balaban J connectivity index is 1.58. The lowest BCUT2D eigenvalue weighted by molar-refractivity contribution is 0.0840. The maximum absolute atomic E-state index is 12.5.